The van der Waals surface area contributed by atoms with Gasteiger partial charge in [0.05, 0.1) is 0 Å². The van der Waals surface area contributed by atoms with Crippen molar-refractivity contribution in [1.29, 1.82) is 0 Å². The van der Waals surface area contributed by atoms with Crippen LogP contribution in [0.5, 0.6) is 0 Å². The van der Waals surface area contributed by atoms with Crippen molar-refractivity contribution < 1.29 is 0 Å². The molecule has 0 aromatic heterocycles. The maximum absolute atomic E-state index is 6.13. The Kier molecular flexibility index (Phi) is 4.87. The summed E-state index contributed by atoms with van der Waals surface area (Å²) in [6.45, 7) is 7.60. The average Bonchev–Trinajstić information content (AvgIpc) is 2.39. The maximum atomic E-state index is 6.13. The van der Waals surface area contributed by atoms with Gasteiger partial charge >= 0.3 is 0 Å². The molecule has 106 valence electrons. The largest absolute Gasteiger partial charge is 0.368 e. The van der Waals surface area contributed by atoms with Gasteiger partial charge in [-0.3, -0.25) is 4.90 Å². The van der Waals surface area contributed by atoms with Gasteiger partial charge in [-0.1, -0.05) is 22.9 Å². The van der Waals surface area contributed by atoms with Gasteiger partial charge in [-0.25, -0.2) is 0 Å². The number of likely N-dealkylation sites (N-methyl/N-ethyl adjacent to an activating group) is 1. The molecule has 1 aliphatic heterocycles. The fourth-order valence-electron chi connectivity index (χ4n) is 2.78. The first-order chi connectivity index (χ1) is 9.02. The van der Waals surface area contributed by atoms with E-state index in [4.69, 9.17) is 5.73 Å². The molecular formula is C15H24BrN3. The number of rotatable bonds is 3. The Morgan fingerprint density at radius 3 is 2.79 bits per heavy atom. The van der Waals surface area contributed by atoms with Gasteiger partial charge in [0.2, 0.25) is 0 Å². The van der Waals surface area contributed by atoms with E-state index in [-0.39, 0.29) is 6.04 Å². The molecule has 1 heterocycles. The molecule has 1 saturated heterocycles. The van der Waals surface area contributed by atoms with Gasteiger partial charge in [0.15, 0.2) is 0 Å². The van der Waals surface area contributed by atoms with E-state index < -0.39 is 0 Å². The zero-order valence-corrected chi connectivity index (χ0v) is 13.7. The van der Waals surface area contributed by atoms with Gasteiger partial charge in [0.1, 0.15) is 0 Å². The highest BCUT2D eigenvalue weighted by Crippen LogP contribution is 2.30. The number of anilines is 1. The molecule has 0 radical (unpaired) electrons. The van der Waals surface area contributed by atoms with Gasteiger partial charge in [-0.05, 0) is 44.2 Å². The Bertz CT molecular complexity index is 433. The monoisotopic (exact) mass is 325 g/mol. The number of hydrogen-bond donors (Lipinski definition) is 1. The molecule has 0 bridgehead atoms. The van der Waals surface area contributed by atoms with Crippen LogP contribution in [-0.4, -0.2) is 37.6 Å². The van der Waals surface area contributed by atoms with Crippen LogP contribution < -0.4 is 10.6 Å². The molecule has 1 fully saturated rings. The van der Waals surface area contributed by atoms with Crippen molar-refractivity contribution in [3.63, 3.8) is 0 Å². The van der Waals surface area contributed by atoms with Gasteiger partial charge in [0, 0.05) is 41.9 Å². The standard InChI is InChI=1S/C15H24BrN3/c1-4-13-10-19(8-7-18(13)3)15-6-5-12(16)9-14(15)11(2)17/h5-6,9,11,13H,4,7-8,10,17H2,1-3H3. The van der Waals surface area contributed by atoms with Crippen molar-refractivity contribution in [3.8, 4) is 0 Å². The van der Waals surface area contributed by atoms with Crippen molar-refractivity contribution in [2.75, 3.05) is 31.6 Å². The van der Waals surface area contributed by atoms with E-state index in [1.165, 1.54) is 17.7 Å². The molecule has 2 rings (SSSR count). The summed E-state index contributed by atoms with van der Waals surface area (Å²) >= 11 is 3.54. The third kappa shape index (κ3) is 3.30. The van der Waals surface area contributed by atoms with E-state index in [2.05, 4.69) is 64.8 Å². The molecule has 0 spiro atoms. The van der Waals surface area contributed by atoms with Crippen LogP contribution in [0.4, 0.5) is 5.69 Å². The molecule has 2 N–H and O–H groups in total. The summed E-state index contributed by atoms with van der Waals surface area (Å²) in [6, 6.07) is 7.16. The van der Waals surface area contributed by atoms with Crippen LogP contribution in [0.15, 0.2) is 22.7 Å². The average molecular weight is 326 g/mol. The topological polar surface area (TPSA) is 32.5 Å². The highest BCUT2D eigenvalue weighted by Gasteiger charge is 2.24. The number of nitrogens with two attached hydrogens (primary N) is 1. The van der Waals surface area contributed by atoms with Crippen molar-refractivity contribution in [2.45, 2.75) is 32.4 Å². The maximum Gasteiger partial charge on any atom is 0.0416 e. The predicted molar refractivity (Wildman–Crippen MR) is 85.7 cm³/mol. The Labute approximate surface area is 124 Å². The molecule has 2 atom stereocenters. The van der Waals surface area contributed by atoms with Gasteiger partial charge in [-0.15, -0.1) is 0 Å². The van der Waals surface area contributed by atoms with E-state index in [1.54, 1.807) is 0 Å². The Hall–Kier alpha value is -0.580. The van der Waals surface area contributed by atoms with Crippen LogP contribution in [-0.2, 0) is 0 Å². The number of nitrogens with zero attached hydrogens (tertiary/aromatic N) is 2. The third-order valence-electron chi connectivity index (χ3n) is 4.07. The zero-order valence-electron chi connectivity index (χ0n) is 12.1. The number of halogens is 1. The smallest absolute Gasteiger partial charge is 0.0416 e. The van der Waals surface area contributed by atoms with Crippen molar-refractivity contribution in [2.24, 2.45) is 5.73 Å². The second kappa shape index (κ2) is 6.25. The van der Waals surface area contributed by atoms with E-state index in [1.807, 2.05) is 0 Å². The van der Waals surface area contributed by atoms with Crippen LogP contribution in [0.2, 0.25) is 0 Å². The lowest BCUT2D eigenvalue weighted by Crippen LogP contribution is -2.51. The van der Waals surface area contributed by atoms with Crippen LogP contribution >= 0.6 is 15.9 Å². The number of piperazine rings is 1. The summed E-state index contributed by atoms with van der Waals surface area (Å²) in [5, 5.41) is 0. The number of benzene rings is 1. The van der Waals surface area contributed by atoms with Crippen LogP contribution in [0, 0.1) is 0 Å². The first-order valence-corrected chi connectivity index (χ1v) is 7.82. The molecule has 0 aliphatic carbocycles. The van der Waals surface area contributed by atoms with Gasteiger partial charge in [0.25, 0.3) is 0 Å². The molecule has 0 amide bonds. The van der Waals surface area contributed by atoms with E-state index in [9.17, 15) is 0 Å². The van der Waals surface area contributed by atoms with Crippen molar-refractivity contribution in [3.05, 3.63) is 28.2 Å². The van der Waals surface area contributed by atoms with E-state index >= 15 is 0 Å². The fraction of sp³-hybridized carbons (Fsp3) is 0.600. The minimum Gasteiger partial charge on any atom is -0.368 e. The Morgan fingerprint density at radius 2 is 2.16 bits per heavy atom. The summed E-state index contributed by atoms with van der Waals surface area (Å²) < 4.78 is 1.10. The van der Waals surface area contributed by atoms with E-state index in [0.717, 1.165) is 24.1 Å². The minimum atomic E-state index is 0.0623. The lowest BCUT2D eigenvalue weighted by Gasteiger charge is -2.41. The molecule has 1 aromatic rings. The summed E-state index contributed by atoms with van der Waals surface area (Å²) in [5.74, 6) is 0. The first-order valence-electron chi connectivity index (χ1n) is 7.03. The third-order valence-corrected chi connectivity index (χ3v) is 4.56. The summed E-state index contributed by atoms with van der Waals surface area (Å²) in [4.78, 5) is 4.94. The number of hydrogen-bond acceptors (Lipinski definition) is 3. The van der Waals surface area contributed by atoms with Crippen LogP contribution in [0.25, 0.3) is 0 Å². The second-order valence-corrected chi connectivity index (χ2v) is 6.40. The summed E-state index contributed by atoms with van der Waals surface area (Å²) in [6.07, 6.45) is 1.19. The lowest BCUT2D eigenvalue weighted by atomic mass is 10.0. The van der Waals surface area contributed by atoms with Gasteiger partial charge < -0.3 is 10.6 Å². The lowest BCUT2D eigenvalue weighted by molar-refractivity contribution is 0.213. The molecule has 0 saturated carbocycles. The zero-order chi connectivity index (χ0) is 14.0. The highest BCUT2D eigenvalue weighted by molar-refractivity contribution is 9.10. The van der Waals surface area contributed by atoms with E-state index in [0.29, 0.717) is 6.04 Å². The molecule has 19 heavy (non-hydrogen) atoms. The molecule has 1 aromatic carbocycles. The fourth-order valence-corrected chi connectivity index (χ4v) is 3.16. The Morgan fingerprint density at radius 1 is 1.42 bits per heavy atom. The first kappa shape index (κ1) is 14.8. The normalized spacial score (nSPS) is 22.6. The second-order valence-electron chi connectivity index (χ2n) is 5.48. The quantitative estimate of drug-likeness (QED) is 0.927. The molecular weight excluding hydrogens is 302 g/mol. The molecule has 4 heteroatoms. The Balaban J connectivity index is 2.26. The summed E-state index contributed by atoms with van der Waals surface area (Å²) in [5.41, 5.74) is 8.65. The van der Waals surface area contributed by atoms with Gasteiger partial charge in [-0.2, -0.15) is 0 Å². The van der Waals surface area contributed by atoms with Crippen molar-refractivity contribution in [1.82, 2.24) is 4.90 Å². The minimum absolute atomic E-state index is 0.0623. The molecule has 2 unspecified atom stereocenters. The molecule has 3 nitrogen and oxygen atoms in total. The van der Waals surface area contributed by atoms with Crippen LogP contribution in [0.3, 0.4) is 0 Å². The predicted octanol–water partition coefficient (Wildman–Crippen LogP) is 3.00. The van der Waals surface area contributed by atoms with Crippen molar-refractivity contribution >= 4 is 21.6 Å². The highest BCUT2D eigenvalue weighted by atomic mass is 79.9. The summed E-state index contributed by atoms with van der Waals surface area (Å²) in [7, 11) is 2.22. The van der Waals surface area contributed by atoms with Crippen LogP contribution in [0.1, 0.15) is 31.9 Å². The SMILES string of the molecule is CCC1CN(c2ccc(Br)cc2C(C)N)CCN1C. The molecule has 1 aliphatic rings.